The maximum absolute atomic E-state index is 11.9. The van der Waals surface area contributed by atoms with E-state index in [4.69, 9.17) is 0 Å². The quantitative estimate of drug-likeness (QED) is 0.725. The Balaban J connectivity index is 1.50. The van der Waals surface area contributed by atoms with Crippen molar-refractivity contribution in [2.75, 3.05) is 6.54 Å². The zero-order valence-corrected chi connectivity index (χ0v) is 13.9. The molecular formula is C18H18N4OS. The number of hydrogen-bond acceptors (Lipinski definition) is 4. The van der Waals surface area contributed by atoms with Crippen molar-refractivity contribution >= 4 is 17.4 Å². The lowest BCUT2D eigenvalue weighted by molar-refractivity contribution is 0.240. The largest absolute Gasteiger partial charge is 0.338 e. The van der Waals surface area contributed by atoms with Crippen molar-refractivity contribution in [1.82, 2.24) is 20.6 Å². The summed E-state index contributed by atoms with van der Waals surface area (Å²) in [5, 5.41) is 7.70. The van der Waals surface area contributed by atoms with Gasteiger partial charge in [0.1, 0.15) is 5.69 Å². The second-order valence-electron chi connectivity index (χ2n) is 5.17. The van der Waals surface area contributed by atoms with E-state index in [1.165, 1.54) is 5.56 Å². The summed E-state index contributed by atoms with van der Waals surface area (Å²) in [6.07, 6.45) is 4.11. The molecule has 0 spiro atoms. The van der Waals surface area contributed by atoms with Crippen LogP contribution in [0.15, 0.2) is 60.2 Å². The monoisotopic (exact) mass is 338 g/mol. The molecule has 0 fully saturated rings. The predicted molar refractivity (Wildman–Crippen MR) is 95.7 cm³/mol. The molecular weight excluding hydrogens is 320 g/mol. The number of nitrogens with zero attached hydrogens (tertiary/aromatic N) is 2. The molecule has 2 aromatic heterocycles. The minimum atomic E-state index is -0.200. The van der Waals surface area contributed by atoms with Crippen LogP contribution in [-0.4, -0.2) is 22.5 Å². The van der Waals surface area contributed by atoms with Crippen molar-refractivity contribution in [2.24, 2.45) is 0 Å². The van der Waals surface area contributed by atoms with Crippen LogP contribution in [0.25, 0.3) is 10.6 Å². The molecule has 0 saturated carbocycles. The van der Waals surface area contributed by atoms with E-state index < -0.39 is 0 Å². The lowest BCUT2D eigenvalue weighted by Crippen LogP contribution is -2.36. The summed E-state index contributed by atoms with van der Waals surface area (Å²) in [4.78, 5) is 21.7. The number of urea groups is 1. The number of carbonyl (C=O) groups is 1. The molecule has 2 amide bonds. The molecule has 6 heteroatoms. The maximum Gasteiger partial charge on any atom is 0.315 e. The van der Waals surface area contributed by atoms with Gasteiger partial charge in [-0.1, -0.05) is 36.4 Å². The number of aromatic nitrogens is 2. The fourth-order valence-corrected chi connectivity index (χ4v) is 3.05. The van der Waals surface area contributed by atoms with Gasteiger partial charge in [-0.25, -0.2) is 4.79 Å². The van der Waals surface area contributed by atoms with Gasteiger partial charge in [-0.05, 0) is 23.4 Å². The summed E-state index contributed by atoms with van der Waals surface area (Å²) in [7, 11) is 0. The standard InChI is InChI=1S/C18H18N4OS/c23-18(21-9-8-14-5-2-1-3-6-14)22-13-15-17(20-11-10-19-15)16-7-4-12-24-16/h1-7,10-12H,8-9,13H2,(H2,21,22,23). The highest BCUT2D eigenvalue weighted by atomic mass is 32.1. The first-order valence-corrected chi connectivity index (χ1v) is 8.60. The van der Waals surface area contributed by atoms with Crippen molar-refractivity contribution < 1.29 is 4.79 Å². The van der Waals surface area contributed by atoms with E-state index in [9.17, 15) is 4.79 Å². The van der Waals surface area contributed by atoms with E-state index >= 15 is 0 Å². The van der Waals surface area contributed by atoms with Gasteiger partial charge in [-0.15, -0.1) is 11.3 Å². The van der Waals surface area contributed by atoms with E-state index in [-0.39, 0.29) is 6.03 Å². The van der Waals surface area contributed by atoms with Crippen molar-refractivity contribution in [2.45, 2.75) is 13.0 Å². The van der Waals surface area contributed by atoms with Crippen molar-refractivity contribution in [3.63, 3.8) is 0 Å². The molecule has 5 nitrogen and oxygen atoms in total. The van der Waals surface area contributed by atoms with Gasteiger partial charge >= 0.3 is 6.03 Å². The van der Waals surface area contributed by atoms with Gasteiger partial charge in [0.15, 0.2) is 0 Å². The smallest absolute Gasteiger partial charge is 0.315 e. The first kappa shape index (κ1) is 16.1. The van der Waals surface area contributed by atoms with Gasteiger partial charge in [0.05, 0.1) is 17.1 Å². The number of carbonyl (C=O) groups excluding carboxylic acids is 1. The number of thiophene rings is 1. The van der Waals surface area contributed by atoms with E-state index in [2.05, 4.69) is 20.6 Å². The van der Waals surface area contributed by atoms with Crippen LogP contribution in [0.2, 0.25) is 0 Å². The Labute approximate surface area is 144 Å². The van der Waals surface area contributed by atoms with Crippen LogP contribution in [0.5, 0.6) is 0 Å². The third-order valence-electron chi connectivity index (χ3n) is 3.49. The van der Waals surface area contributed by atoms with Gasteiger partial charge in [0.2, 0.25) is 0 Å². The Morgan fingerprint density at radius 2 is 1.83 bits per heavy atom. The number of nitrogens with one attached hydrogen (secondary N) is 2. The summed E-state index contributed by atoms with van der Waals surface area (Å²) in [5.74, 6) is 0. The highest BCUT2D eigenvalue weighted by Gasteiger charge is 2.09. The van der Waals surface area contributed by atoms with E-state index in [0.717, 1.165) is 22.7 Å². The van der Waals surface area contributed by atoms with Crippen molar-refractivity contribution in [3.05, 3.63) is 71.5 Å². The molecule has 24 heavy (non-hydrogen) atoms. The predicted octanol–water partition coefficient (Wildman–Crippen LogP) is 3.25. The van der Waals surface area contributed by atoms with Crippen LogP contribution < -0.4 is 10.6 Å². The molecule has 3 aromatic rings. The zero-order chi connectivity index (χ0) is 16.6. The molecule has 0 aliphatic heterocycles. The molecule has 0 bridgehead atoms. The lowest BCUT2D eigenvalue weighted by Gasteiger charge is -2.09. The molecule has 1 aromatic carbocycles. The van der Waals surface area contributed by atoms with E-state index in [1.807, 2.05) is 47.8 Å². The van der Waals surface area contributed by atoms with Crippen molar-refractivity contribution in [1.29, 1.82) is 0 Å². The Bertz CT molecular complexity index is 775. The molecule has 0 saturated heterocycles. The third kappa shape index (κ3) is 4.39. The van der Waals surface area contributed by atoms with E-state index in [0.29, 0.717) is 13.1 Å². The highest BCUT2D eigenvalue weighted by Crippen LogP contribution is 2.24. The third-order valence-corrected chi connectivity index (χ3v) is 4.36. The summed E-state index contributed by atoms with van der Waals surface area (Å²) in [6.45, 7) is 0.937. The number of rotatable bonds is 6. The topological polar surface area (TPSA) is 66.9 Å². The van der Waals surface area contributed by atoms with Crippen LogP contribution >= 0.6 is 11.3 Å². The molecule has 3 rings (SSSR count). The summed E-state index contributed by atoms with van der Waals surface area (Å²) in [6, 6.07) is 13.8. The fourth-order valence-electron chi connectivity index (χ4n) is 2.31. The van der Waals surface area contributed by atoms with Gasteiger partial charge < -0.3 is 10.6 Å². The van der Waals surface area contributed by atoms with Crippen LogP contribution in [0.3, 0.4) is 0 Å². The normalized spacial score (nSPS) is 10.3. The first-order valence-electron chi connectivity index (χ1n) is 7.72. The minimum Gasteiger partial charge on any atom is -0.338 e. The average molecular weight is 338 g/mol. The second-order valence-corrected chi connectivity index (χ2v) is 6.12. The molecule has 2 N–H and O–H groups in total. The molecule has 0 aliphatic rings. The van der Waals surface area contributed by atoms with Crippen LogP contribution in [0.4, 0.5) is 4.79 Å². The van der Waals surface area contributed by atoms with E-state index in [1.54, 1.807) is 23.7 Å². The SMILES string of the molecule is O=C(NCCc1ccccc1)NCc1nccnc1-c1cccs1. The molecule has 2 heterocycles. The lowest BCUT2D eigenvalue weighted by atomic mass is 10.1. The van der Waals surface area contributed by atoms with Crippen molar-refractivity contribution in [3.8, 4) is 10.6 Å². The van der Waals surface area contributed by atoms with Crippen LogP contribution in [0, 0.1) is 0 Å². The molecule has 0 unspecified atom stereocenters. The maximum atomic E-state index is 11.9. The first-order chi connectivity index (χ1) is 11.8. The Morgan fingerprint density at radius 1 is 1.00 bits per heavy atom. The second kappa shape index (κ2) is 8.21. The number of amides is 2. The summed E-state index contributed by atoms with van der Waals surface area (Å²) < 4.78 is 0. The summed E-state index contributed by atoms with van der Waals surface area (Å²) >= 11 is 1.61. The zero-order valence-electron chi connectivity index (χ0n) is 13.1. The highest BCUT2D eigenvalue weighted by molar-refractivity contribution is 7.13. The Hall–Kier alpha value is -2.73. The minimum absolute atomic E-state index is 0.200. The molecule has 0 radical (unpaired) electrons. The average Bonchev–Trinajstić information content (AvgIpc) is 3.16. The Morgan fingerprint density at radius 3 is 2.62 bits per heavy atom. The number of benzene rings is 1. The Kier molecular flexibility index (Phi) is 5.52. The van der Waals surface area contributed by atoms with Gasteiger partial charge in [0.25, 0.3) is 0 Å². The van der Waals surface area contributed by atoms with Gasteiger partial charge in [0, 0.05) is 18.9 Å². The molecule has 122 valence electrons. The van der Waals surface area contributed by atoms with Crippen LogP contribution in [0.1, 0.15) is 11.3 Å². The molecule has 0 atom stereocenters. The van der Waals surface area contributed by atoms with Gasteiger partial charge in [-0.2, -0.15) is 0 Å². The van der Waals surface area contributed by atoms with Crippen LogP contribution in [-0.2, 0) is 13.0 Å². The fraction of sp³-hybridized carbons (Fsp3) is 0.167. The van der Waals surface area contributed by atoms with Gasteiger partial charge in [-0.3, -0.25) is 9.97 Å². The number of hydrogen-bond donors (Lipinski definition) is 2. The summed E-state index contributed by atoms with van der Waals surface area (Å²) in [5.41, 5.74) is 2.78. The molecule has 0 aliphatic carbocycles.